The second-order valence-corrected chi connectivity index (χ2v) is 8.57. The van der Waals surface area contributed by atoms with E-state index in [1.807, 2.05) is 31.2 Å². The van der Waals surface area contributed by atoms with Crippen LogP contribution in [0.15, 0.2) is 82.8 Å². The molecular weight excluding hydrogens is 512 g/mol. The van der Waals surface area contributed by atoms with E-state index in [1.165, 1.54) is 6.08 Å². The van der Waals surface area contributed by atoms with E-state index in [0.717, 1.165) is 21.4 Å². The molecule has 178 valence electrons. The average molecular weight is 535 g/mol. The van der Waals surface area contributed by atoms with Gasteiger partial charge in [0.1, 0.15) is 23.7 Å². The van der Waals surface area contributed by atoms with Crippen molar-refractivity contribution in [1.29, 1.82) is 0 Å². The molecule has 1 heterocycles. The van der Waals surface area contributed by atoms with Crippen molar-refractivity contribution in [2.45, 2.75) is 20.0 Å². The molecule has 7 nitrogen and oxygen atoms in total. The molecule has 0 unspecified atom stereocenters. The molecule has 1 saturated heterocycles. The van der Waals surface area contributed by atoms with E-state index in [1.54, 1.807) is 48.5 Å². The molecule has 0 bridgehead atoms. The van der Waals surface area contributed by atoms with E-state index < -0.39 is 17.8 Å². The molecule has 0 radical (unpaired) electrons. The quantitative estimate of drug-likeness (QED) is 0.305. The highest BCUT2D eigenvalue weighted by Gasteiger charge is 2.37. The Morgan fingerprint density at radius 1 is 0.914 bits per heavy atom. The molecule has 0 aromatic heterocycles. The lowest BCUT2D eigenvalue weighted by Gasteiger charge is -2.26. The summed E-state index contributed by atoms with van der Waals surface area (Å²) in [5.74, 6) is -0.359. The number of ether oxygens (including phenoxy) is 2. The Labute approximate surface area is 211 Å². The van der Waals surface area contributed by atoms with Gasteiger partial charge in [-0.25, -0.2) is 9.69 Å². The summed E-state index contributed by atoms with van der Waals surface area (Å²) in [6, 6.07) is 20.5. The van der Waals surface area contributed by atoms with Gasteiger partial charge in [0.15, 0.2) is 0 Å². The fraction of sp³-hybridized carbons (Fsp3) is 0.148. The topological polar surface area (TPSA) is 84.9 Å². The summed E-state index contributed by atoms with van der Waals surface area (Å²) in [5, 5.41) is 2.24. The van der Waals surface area contributed by atoms with Crippen LogP contribution in [-0.2, 0) is 16.2 Å². The lowest BCUT2D eigenvalue weighted by molar-refractivity contribution is -0.122. The molecule has 0 saturated carbocycles. The van der Waals surface area contributed by atoms with Crippen LogP contribution in [0.2, 0.25) is 0 Å². The number of rotatable bonds is 8. The number of nitrogens with zero attached hydrogens (tertiary/aromatic N) is 1. The van der Waals surface area contributed by atoms with Crippen LogP contribution in [-0.4, -0.2) is 24.5 Å². The number of nitrogens with one attached hydrogen (secondary N) is 1. The van der Waals surface area contributed by atoms with E-state index in [0.29, 0.717) is 36.0 Å². The zero-order chi connectivity index (χ0) is 24.8. The van der Waals surface area contributed by atoms with Gasteiger partial charge < -0.3 is 9.47 Å². The van der Waals surface area contributed by atoms with Crippen molar-refractivity contribution in [2.75, 3.05) is 11.5 Å². The first-order valence-corrected chi connectivity index (χ1v) is 11.9. The Hall–Kier alpha value is -3.91. The van der Waals surface area contributed by atoms with Gasteiger partial charge >= 0.3 is 6.03 Å². The number of para-hydroxylation sites is 1. The number of halogens is 1. The van der Waals surface area contributed by atoms with Crippen LogP contribution in [0.3, 0.4) is 0 Å². The SMILES string of the molecule is CCCOc1ccc(N2C(=O)NC(=O)/C(=C/c3ccccc3OCc3ccccc3Br)C2=O)cc1. The molecule has 35 heavy (non-hydrogen) atoms. The van der Waals surface area contributed by atoms with Crippen LogP contribution in [0.4, 0.5) is 10.5 Å². The number of anilines is 1. The first kappa shape index (κ1) is 24.2. The summed E-state index contributed by atoms with van der Waals surface area (Å²) in [4.78, 5) is 39.3. The highest BCUT2D eigenvalue weighted by atomic mass is 79.9. The summed E-state index contributed by atoms with van der Waals surface area (Å²) in [6.07, 6.45) is 2.30. The first-order chi connectivity index (χ1) is 17.0. The Bertz CT molecular complexity index is 1290. The number of hydrogen-bond donors (Lipinski definition) is 1. The molecule has 0 atom stereocenters. The highest BCUT2D eigenvalue weighted by Crippen LogP contribution is 2.28. The fourth-order valence-electron chi connectivity index (χ4n) is 3.46. The van der Waals surface area contributed by atoms with Gasteiger partial charge in [0.05, 0.1) is 12.3 Å². The van der Waals surface area contributed by atoms with Crippen LogP contribution in [0.1, 0.15) is 24.5 Å². The van der Waals surface area contributed by atoms with Crippen molar-refractivity contribution in [1.82, 2.24) is 5.32 Å². The molecule has 4 rings (SSSR count). The summed E-state index contributed by atoms with van der Waals surface area (Å²) < 4.78 is 12.5. The van der Waals surface area contributed by atoms with Gasteiger partial charge in [0.2, 0.25) is 0 Å². The minimum Gasteiger partial charge on any atom is -0.494 e. The minimum atomic E-state index is -0.808. The van der Waals surface area contributed by atoms with Crippen molar-refractivity contribution < 1.29 is 23.9 Å². The summed E-state index contributed by atoms with van der Waals surface area (Å²) in [5.41, 5.74) is 1.64. The maximum absolute atomic E-state index is 13.2. The lowest BCUT2D eigenvalue weighted by atomic mass is 10.1. The number of barbiturate groups is 1. The van der Waals surface area contributed by atoms with Crippen LogP contribution in [0.5, 0.6) is 11.5 Å². The third-order valence-corrected chi connectivity index (χ3v) is 6.00. The number of carbonyl (C=O) groups excluding carboxylic acids is 3. The number of carbonyl (C=O) groups is 3. The third-order valence-electron chi connectivity index (χ3n) is 5.23. The Morgan fingerprint density at radius 2 is 1.63 bits per heavy atom. The molecular formula is C27H23BrN2O5. The van der Waals surface area contributed by atoms with E-state index in [-0.39, 0.29) is 5.57 Å². The van der Waals surface area contributed by atoms with Gasteiger partial charge in [-0.1, -0.05) is 59.3 Å². The number of amides is 4. The average Bonchev–Trinajstić information content (AvgIpc) is 2.86. The number of benzene rings is 3. The second kappa shape index (κ2) is 11.0. The Kier molecular flexibility index (Phi) is 7.62. The Balaban J connectivity index is 1.59. The zero-order valence-electron chi connectivity index (χ0n) is 19.0. The molecule has 1 fully saturated rings. The maximum Gasteiger partial charge on any atom is 0.335 e. The monoisotopic (exact) mass is 534 g/mol. The predicted molar refractivity (Wildman–Crippen MR) is 136 cm³/mol. The largest absolute Gasteiger partial charge is 0.494 e. The molecule has 3 aromatic rings. The van der Waals surface area contributed by atoms with Crippen molar-refractivity contribution in [3.8, 4) is 11.5 Å². The molecule has 0 spiro atoms. The molecule has 1 aliphatic heterocycles. The predicted octanol–water partition coefficient (Wildman–Crippen LogP) is 5.48. The first-order valence-electron chi connectivity index (χ1n) is 11.1. The normalized spacial score (nSPS) is 14.7. The van der Waals surface area contributed by atoms with E-state index in [2.05, 4.69) is 21.2 Å². The molecule has 3 aromatic carbocycles. The molecule has 0 aliphatic carbocycles. The molecule has 8 heteroatoms. The smallest absolute Gasteiger partial charge is 0.335 e. The highest BCUT2D eigenvalue weighted by molar-refractivity contribution is 9.10. The molecule has 4 amide bonds. The van der Waals surface area contributed by atoms with Crippen molar-refractivity contribution in [3.05, 3.63) is 94.0 Å². The van der Waals surface area contributed by atoms with E-state index in [4.69, 9.17) is 9.47 Å². The van der Waals surface area contributed by atoms with Gasteiger partial charge in [-0.15, -0.1) is 0 Å². The standard InChI is InChI=1S/C27H23BrN2O5/c1-2-15-34-21-13-11-20(12-14-21)30-26(32)22(25(31)29-27(30)33)16-18-7-4-6-10-24(18)35-17-19-8-3-5-9-23(19)28/h3-14,16H,2,15,17H2,1H3,(H,29,31,33)/b22-16-. The maximum atomic E-state index is 13.2. The van der Waals surface area contributed by atoms with Crippen LogP contribution >= 0.6 is 15.9 Å². The van der Waals surface area contributed by atoms with E-state index in [9.17, 15) is 14.4 Å². The Morgan fingerprint density at radius 3 is 2.37 bits per heavy atom. The van der Waals surface area contributed by atoms with Gasteiger partial charge in [-0.3, -0.25) is 14.9 Å². The van der Waals surface area contributed by atoms with Gasteiger partial charge in [-0.2, -0.15) is 0 Å². The minimum absolute atomic E-state index is 0.173. The summed E-state index contributed by atoms with van der Waals surface area (Å²) in [6.45, 7) is 2.85. The second-order valence-electron chi connectivity index (χ2n) is 7.72. The van der Waals surface area contributed by atoms with Gasteiger partial charge in [-0.05, 0) is 48.9 Å². The summed E-state index contributed by atoms with van der Waals surface area (Å²) in [7, 11) is 0. The molecule has 1 N–H and O–H groups in total. The van der Waals surface area contributed by atoms with Crippen molar-refractivity contribution in [3.63, 3.8) is 0 Å². The van der Waals surface area contributed by atoms with Crippen LogP contribution in [0.25, 0.3) is 6.08 Å². The van der Waals surface area contributed by atoms with E-state index >= 15 is 0 Å². The summed E-state index contributed by atoms with van der Waals surface area (Å²) >= 11 is 3.50. The number of urea groups is 1. The number of imide groups is 2. The zero-order valence-corrected chi connectivity index (χ0v) is 20.6. The van der Waals surface area contributed by atoms with Crippen molar-refractivity contribution in [2.24, 2.45) is 0 Å². The van der Waals surface area contributed by atoms with Crippen molar-refractivity contribution >= 4 is 45.5 Å². The lowest BCUT2D eigenvalue weighted by Crippen LogP contribution is -2.54. The van der Waals surface area contributed by atoms with Crippen LogP contribution in [0, 0.1) is 0 Å². The fourth-order valence-corrected chi connectivity index (χ4v) is 3.86. The molecule has 1 aliphatic rings. The number of hydrogen-bond acceptors (Lipinski definition) is 5. The van der Waals surface area contributed by atoms with Gasteiger partial charge in [0.25, 0.3) is 11.8 Å². The third kappa shape index (κ3) is 5.60. The van der Waals surface area contributed by atoms with Crippen LogP contribution < -0.4 is 19.7 Å². The van der Waals surface area contributed by atoms with Gasteiger partial charge in [0, 0.05) is 15.6 Å².